The van der Waals surface area contributed by atoms with Crippen molar-refractivity contribution in [1.29, 1.82) is 0 Å². The fourth-order valence-corrected chi connectivity index (χ4v) is 3.15. The number of hydrogen-bond acceptors (Lipinski definition) is 6. The Hall–Kier alpha value is -3.52. The van der Waals surface area contributed by atoms with Gasteiger partial charge in [-0.2, -0.15) is 0 Å². The molecule has 0 atom stereocenters. The maximum absolute atomic E-state index is 12.1. The molecular weight excluding hydrogens is 390 g/mol. The van der Waals surface area contributed by atoms with Crippen molar-refractivity contribution >= 4 is 34.1 Å². The molecule has 2 aromatic carbocycles. The summed E-state index contributed by atoms with van der Waals surface area (Å²) in [5.74, 6) is 0.489. The quantitative estimate of drug-likeness (QED) is 0.315. The third-order valence-electron chi connectivity index (χ3n) is 3.89. The summed E-state index contributed by atoms with van der Waals surface area (Å²) in [7, 11) is 0. The number of benzene rings is 2. The summed E-state index contributed by atoms with van der Waals surface area (Å²) in [6.45, 7) is 2.74. The first-order valence-electron chi connectivity index (χ1n) is 8.97. The van der Waals surface area contributed by atoms with E-state index in [9.17, 15) is 14.9 Å². The Morgan fingerprint density at radius 3 is 2.59 bits per heavy atom. The molecule has 1 heterocycles. The zero-order valence-electron chi connectivity index (χ0n) is 15.7. The van der Waals surface area contributed by atoms with Crippen LogP contribution in [0.4, 0.5) is 10.8 Å². The number of thiazole rings is 1. The summed E-state index contributed by atoms with van der Waals surface area (Å²) in [4.78, 5) is 26.7. The number of carbonyl (C=O) groups is 1. The summed E-state index contributed by atoms with van der Waals surface area (Å²) in [6.07, 6.45) is 3.90. The van der Waals surface area contributed by atoms with Crippen LogP contribution in [-0.2, 0) is 4.79 Å². The number of ether oxygens (including phenoxy) is 1. The van der Waals surface area contributed by atoms with E-state index >= 15 is 0 Å². The van der Waals surface area contributed by atoms with Crippen molar-refractivity contribution in [2.24, 2.45) is 0 Å². The van der Waals surface area contributed by atoms with Gasteiger partial charge in [-0.3, -0.25) is 20.2 Å². The topological polar surface area (TPSA) is 94.4 Å². The highest BCUT2D eigenvalue weighted by Crippen LogP contribution is 2.26. The van der Waals surface area contributed by atoms with E-state index in [1.54, 1.807) is 18.2 Å². The van der Waals surface area contributed by atoms with Crippen LogP contribution in [-0.4, -0.2) is 22.4 Å². The van der Waals surface area contributed by atoms with Gasteiger partial charge in [-0.1, -0.05) is 6.92 Å². The SMILES string of the molecule is CCCOc1ccc(-c2csc(NC(=O)/C=C/c3ccc([N+](=O)[O-])cc3)n2)cc1. The van der Waals surface area contributed by atoms with E-state index in [4.69, 9.17) is 4.74 Å². The van der Waals surface area contributed by atoms with Crippen LogP contribution >= 0.6 is 11.3 Å². The molecule has 0 saturated carbocycles. The molecule has 0 aliphatic carbocycles. The Balaban J connectivity index is 1.59. The van der Waals surface area contributed by atoms with Crippen molar-refractivity contribution in [3.05, 3.63) is 75.7 Å². The van der Waals surface area contributed by atoms with Gasteiger partial charge in [0.1, 0.15) is 5.75 Å². The lowest BCUT2D eigenvalue weighted by Gasteiger charge is -2.04. The highest BCUT2D eigenvalue weighted by Gasteiger charge is 2.07. The van der Waals surface area contributed by atoms with Crippen LogP contribution in [0.5, 0.6) is 5.75 Å². The van der Waals surface area contributed by atoms with E-state index in [1.807, 2.05) is 29.6 Å². The minimum Gasteiger partial charge on any atom is -0.494 e. The highest BCUT2D eigenvalue weighted by molar-refractivity contribution is 7.14. The zero-order valence-corrected chi connectivity index (χ0v) is 16.5. The second-order valence-corrected chi connectivity index (χ2v) is 6.94. The van der Waals surface area contributed by atoms with Crippen LogP contribution in [0.1, 0.15) is 18.9 Å². The van der Waals surface area contributed by atoms with Crippen LogP contribution in [0.15, 0.2) is 60.0 Å². The summed E-state index contributed by atoms with van der Waals surface area (Å²) < 4.78 is 5.57. The number of anilines is 1. The van der Waals surface area contributed by atoms with Gasteiger partial charge in [-0.05, 0) is 54.5 Å². The lowest BCUT2D eigenvalue weighted by Crippen LogP contribution is -2.07. The normalized spacial score (nSPS) is 10.8. The van der Waals surface area contributed by atoms with E-state index in [-0.39, 0.29) is 11.6 Å². The second-order valence-electron chi connectivity index (χ2n) is 6.08. The monoisotopic (exact) mass is 409 g/mol. The van der Waals surface area contributed by atoms with E-state index in [1.165, 1.54) is 29.5 Å². The molecule has 8 heteroatoms. The maximum atomic E-state index is 12.1. The molecule has 0 radical (unpaired) electrons. The summed E-state index contributed by atoms with van der Waals surface area (Å²) >= 11 is 1.33. The first kappa shape index (κ1) is 20.2. The number of rotatable bonds is 8. The number of nitrogens with zero attached hydrogens (tertiary/aromatic N) is 2. The molecule has 0 spiro atoms. The predicted octanol–water partition coefficient (Wildman–Crippen LogP) is 5.16. The number of nitro benzene ring substituents is 1. The average molecular weight is 409 g/mol. The molecule has 0 aliphatic heterocycles. The van der Waals surface area contributed by atoms with Gasteiger partial charge in [-0.15, -0.1) is 11.3 Å². The number of nitrogens with one attached hydrogen (secondary N) is 1. The second kappa shape index (κ2) is 9.61. The van der Waals surface area contributed by atoms with Crippen molar-refractivity contribution in [1.82, 2.24) is 4.98 Å². The molecular formula is C21H19N3O4S. The Morgan fingerprint density at radius 2 is 1.93 bits per heavy atom. The molecule has 29 heavy (non-hydrogen) atoms. The van der Waals surface area contributed by atoms with E-state index in [0.29, 0.717) is 17.3 Å². The summed E-state index contributed by atoms with van der Waals surface area (Å²) in [6, 6.07) is 13.6. The molecule has 1 aromatic heterocycles. The minimum absolute atomic E-state index is 0.00637. The van der Waals surface area contributed by atoms with E-state index in [0.717, 1.165) is 23.4 Å². The molecule has 0 unspecified atom stereocenters. The zero-order chi connectivity index (χ0) is 20.6. The average Bonchev–Trinajstić information content (AvgIpc) is 3.19. The standard InChI is InChI=1S/C21H19N3O4S/c1-2-13-28-18-10-6-16(7-11-18)19-14-29-21(22-19)23-20(25)12-5-15-3-8-17(9-4-15)24(26)27/h3-12,14H,2,13H2,1H3,(H,22,23,25)/b12-5+. The molecule has 0 bridgehead atoms. The Morgan fingerprint density at radius 1 is 1.21 bits per heavy atom. The highest BCUT2D eigenvalue weighted by atomic mass is 32.1. The third-order valence-corrected chi connectivity index (χ3v) is 4.65. The van der Waals surface area contributed by atoms with E-state index in [2.05, 4.69) is 17.2 Å². The maximum Gasteiger partial charge on any atom is 0.269 e. The number of nitro groups is 1. The minimum atomic E-state index is -0.466. The molecule has 3 aromatic rings. The lowest BCUT2D eigenvalue weighted by atomic mass is 10.2. The van der Waals surface area contributed by atoms with Crippen molar-refractivity contribution in [2.45, 2.75) is 13.3 Å². The van der Waals surface area contributed by atoms with Crippen molar-refractivity contribution in [3.63, 3.8) is 0 Å². The number of non-ortho nitro benzene ring substituents is 1. The van der Waals surface area contributed by atoms with Gasteiger partial charge in [0, 0.05) is 29.2 Å². The van der Waals surface area contributed by atoms with Crippen LogP contribution in [0.3, 0.4) is 0 Å². The molecule has 7 nitrogen and oxygen atoms in total. The Labute approximate surface area is 171 Å². The van der Waals surface area contributed by atoms with Crippen molar-refractivity contribution in [3.8, 4) is 17.0 Å². The van der Waals surface area contributed by atoms with Crippen molar-refractivity contribution in [2.75, 3.05) is 11.9 Å². The fourth-order valence-electron chi connectivity index (χ4n) is 2.43. The fraction of sp³-hybridized carbons (Fsp3) is 0.143. The van der Waals surface area contributed by atoms with Crippen LogP contribution in [0, 0.1) is 10.1 Å². The van der Waals surface area contributed by atoms with Gasteiger partial charge in [0.15, 0.2) is 5.13 Å². The van der Waals surface area contributed by atoms with Gasteiger partial charge in [-0.25, -0.2) is 4.98 Å². The number of aromatic nitrogens is 1. The summed E-state index contributed by atoms with van der Waals surface area (Å²) in [5, 5.41) is 15.7. The smallest absolute Gasteiger partial charge is 0.269 e. The Kier molecular flexibility index (Phi) is 6.70. The van der Waals surface area contributed by atoms with Crippen LogP contribution < -0.4 is 10.1 Å². The molecule has 1 N–H and O–H groups in total. The van der Waals surface area contributed by atoms with E-state index < -0.39 is 4.92 Å². The number of amides is 1. The number of hydrogen-bond donors (Lipinski definition) is 1. The van der Waals surface area contributed by atoms with Crippen LogP contribution in [0.2, 0.25) is 0 Å². The van der Waals surface area contributed by atoms with Gasteiger partial charge in [0.2, 0.25) is 5.91 Å². The van der Waals surface area contributed by atoms with Gasteiger partial charge < -0.3 is 4.74 Å². The van der Waals surface area contributed by atoms with Gasteiger partial charge in [0.05, 0.1) is 17.2 Å². The molecule has 0 saturated heterocycles. The lowest BCUT2D eigenvalue weighted by molar-refractivity contribution is -0.384. The van der Waals surface area contributed by atoms with Crippen molar-refractivity contribution < 1.29 is 14.5 Å². The van der Waals surface area contributed by atoms with Gasteiger partial charge >= 0.3 is 0 Å². The number of carbonyl (C=O) groups excluding carboxylic acids is 1. The largest absolute Gasteiger partial charge is 0.494 e. The summed E-state index contributed by atoms with van der Waals surface area (Å²) in [5.41, 5.74) is 2.40. The molecule has 0 fully saturated rings. The molecule has 0 aliphatic rings. The Bertz CT molecular complexity index is 1010. The van der Waals surface area contributed by atoms with Gasteiger partial charge in [0.25, 0.3) is 5.69 Å². The first-order valence-corrected chi connectivity index (χ1v) is 9.85. The first-order chi connectivity index (χ1) is 14.0. The predicted molar refractivity (Wildman–Crippen MR) is 114 cm³/mol. The molecule has 3 rings (SSSR count). The molecule has 1 amide bonds. The van der Waals surface area contributed by atoms with Crippen LogP contribution in [0.25, 0.3) is 17.3 Å². The third kappa shape index (κ3) is 5.73. The molecule has 148 valence electrons.